The number of anilines is 2. The number of carboxylic acids is 1. The van der Waals surface area contributed by atoms with Gasteiger partial charge in [0.2, 0.25) is 5.88 Å². The Labute approximate surface area is 271 Å². The first-order valence-corrected chi connectivity index (χ1v) is 16.2. The summed E-state index contributed by atoms with van der Waals surface area (Å²) in [4.78, 5) is 32.2. The summed E-state index contributed by atoms with van der Waals surface area (Å²) in [6.45, 7) is 4.41. The summed E-state index contributed by atoms with van der Waals surface area (Å²) in [6.07, 6.45) is 4.36. The Hall–Kier alpha value is -3.88. The van der Waals surface area contributed by atoms with Crippen LogP contribution in [-0.2, 0) is 19.0 Å². The minimum atomic E-state index is -2.93. The zero-order valence-electron chi connectivity index (χ0n) is 26.5. The third-order valence-electron chi connectivity index (χ3n) is 10.2. The van der Waals surface area contributed by atoms with Crippen LogP contribution in [0, 0.1) is 0 Å². The van der Waals surface area contributed by atoms with Gasteiger partial charge in [-0.3, -0.25) is 0 Å². The maximum absolute atomic E-state index is 13.9. The van der Waals surface area contributed by atoms with E-state index in [2.05, 4.69) is 32.8 Å². The molecule has 0 unspecified atom stereocenters. The van der Waals surface area contributed by atoms with E-state index in [9.17, 15) is 18.7 Å². The molecule has 2 N–H and O–H groups in total. The second-order valence-corrected chi connectivity index (χ2v) is 12.9. The largest absolute Gasteiger partial charge is 0.480 e. The highest BCUT2D eigenvalue weighted by Crippen LogP contribution is 2.42. The number of rotatable bonds is 9. The number of morpholine rings is 1. The van der Waals surface area contributed by atoms with E-state index in [1.54, 1.807) is 25.4 Å². The molecule has 3 aliphatic heterocycles. The number of carboxylic acid groups (broad SMARTS) is 1. The Balaban J connectivity index is 1.19. The third kappa shape index (κ3) is 6.14. The molecule has 4 aliphatic rings. The molecule has 3 atom stereocenters. The van der Waals surface area contributed by atoms with Gasteiger partial charge in [-0.15, -0.1) is 0 Å². The van der Waals surface area contributed by atoms with Crippen molar-refractivity contribution in [1.82, 2.24) is 19.9 Å². The average molecular weight is 655 g/mol. The van der Waals surface area contributed by atoms with Gasteiger partial charge in [-0.25, -0.2) is 28.5 Å². The van der Waals surface area contributed by atoms with E-state index in [-0.39, 0.29) is 36.6 Å². The molecule has 0 amide bonds. The number of halogens is 2. The topological polar surface area (TPSA) is 135 Å². The van der Waals surface area contributed by atoms with E-state index in [4.69, 9.17) is 23.9 Å². The van der Waals surface area contributed by atoms with Crippen molar-refractivity contribution in [3.63, 3.8) is 0 Å². The minimum Gasteiger partial charge on any atom is -0.480 e. The number of nitrogens with one attached hydrogen (secondary N) is 1. The highest BCUT2D eigenvalue weighted by Gasteiger charge is 2.50. The Kier molecular flexibility index (Phi) is 8.75. The molecule has 3 aromatic rings. The molecule has 47 heavy (non-hydrogen) atoms. The van der Waals surface area contributed by atoms with Gasteiger partial charge in [0.1, 0.15) is 29.3 Å². The predicted octanol–water partition coefficient (Wildman–Crippen LogP) is 4.58. The monoisotopic (exact) mass is 654 g/mol. The summed E-state index contributed by atoms with van der Waals surface area (Å²) in [5.74, 6) is -0.925. The van der Waals surface area contributed by atoms with Crippen LogP contribution in [0.2, 0.25) is 0 Å². The molecule has 1 saturated carbocycles. The molecule has 1 aliphatic carbocycles. The second kappa shape index (κ2) is 13.0. The second-order valence-electron chi connectivity index (χ2n) is 12.9. The molecule has 3 aromatic heterocycles. The number of methoxy groups -OCH3 is 1. The van der Waals surface area contributed by atoms with E-state index >= 15 is 0 Å². The Morgan fingerprint density at radius 1 is 1.15 bits per heavy atom. The van der Waals surface area contributed by atoms with Gasteiger partial charge < -0.3 is 38.8 Å². The van der Waals surface area contributed by atoms with Gasteiger partial charge in [-0.1, -0.05) is 0 Å². The first-order valence-electron chi connectivity index (χ1n) is 16.2. The molecular weight excluding hydrogens is 614 g/mol. The zero-order valence-corrected chi connectivity index (χ0v) is 26.5. The van der Waals surface area contributed by atoms with E-state index in [0.717, 1.165) is 36.9 Å². The number of hydrogen-bond donors (Lipinski definition) is 2. The van der Waals surface area contributed by atoms with Crippen LogP contribution in [0.25, 0.3) is 11.4 Å². The Bertz CT molecular complexity index is 1560. The summed E-state index contributed by atoms with van der Waals surface area (Å²) in [7, 11) is 1.76. The summed E-state index contributed by atoms with van der Waals surface area (Å²) in [6, 6.07) is 6.07. The number of H-pyrrole nitrogens is 1. The minimum absolute atomic E-state index is 0.0133. The van der Waals surface area contributed by atoms with Crippen LogP contribution in [0.15, 0.2) is 36.7 Å². The molecule has 1 spiro atoms. The quantitative estimate of drug-likeness (QED) is 0.336. The standard InChI is InChI=1S/C33H40F2N6O6/c1-19-33(17-45-18-33)46-11-10-40(19)26-12-21(20-5-7-22(44-2)8-6-20)15-37-31(26)47-23-13-27(32(42)43)41(16-23)28-14-25(24-4-3-9-36-24)38-30(39-28)29(34)35/h3-4,9,12,14-15,19-20,22-23,27,29,36H,5-8,10-11,13,16-18H2,1-2H3,(H,42,43)/t19-,20?,22?,23-,27-/m0/s1. The van der Waals surface area contributed by atoms with Gasteiger partial charge in [0.15, 0.2) is 5.82 Å². The van der Waals surface area contributed by atoms with Crippen LogP contribution >= 0.6 is 0 Å². The third-order valence-corrected chi connectivity index (χ3v) is 10.2. The van der Waals surface area contributed by atoms with Crippen LogP contribution in [0.4, 0.5) is 20.3 Å². The lowest BCUT2D eigenvalue weighted by Gasteiger charge is -2.53. The van der Waals surface area contributed by atoms with Crippen molar-refractivity contribution in [2.45, 2.75) is 81.3 Å². The molecule has 3 saturated heterocycles. The fraction of sp³-hybridized carbons (Fsp3) is 0.576. The van der Waals surface area contributed by atoms with E-state index < -0.39 is 36.0 Å². The van der Waals surface area contributed by atoms with E-state index in [1.807, 2.05) is 6.20 Å². The first kappa shape index (κ1) is 31.7. The number of alkyl halides is 2. The first-order chi connectivity index (χ1) is 22.7. The average Bonchev–Trinajstić information content (AvgIpc) is 3.76. The lowest BCUT2D eigenvalue weighted by atomic mass is 9.83. The van der Waals surface area contributed by atoms with Gasteiger partial charge in [0, 0.05) is 38.5 Å². The zero-order chi connectivity index (χ0) is 32.7. The maximum Gasteiger partial charge on any atom is 0.326 e. The van der Waals surface area contributed by atoms with Crippen molar-refractivity contribution in [3.8, 4) is 17.3 Å². The Morgan fingerprint density at radius 3 is 2.62 bits per heavy atom. The summed E-state index contributed by atoms with van der Waals surface area (Å²) < 4.78 is 51.7. The molecule has 0 radical (unpaired) electrons. The molecular formula is C33H40F2N6O6. The van der Waals surface area contributed by atoms with E-state index in [1.165, 1.54) is 11.0 Å². The van der Waals surface area contributed by atoms with Crippen LogP contribution < -0.4 is 14.5 Å². The van der Waals surface area contributed by atoms with Gasteiger partial charge >= 0.3 is 5.97 Å². The van der Waals surface area contributed by atoms with E-state index in [0.29, 0.717) is 43.9 Å². The lowest BCUT2D eigenvalue weighted by molar-refractivity contribution is -0.228. The summed E-state index contributed by atoms with van der Waals surface area (Å²) in [5, 5.41) is 10.2. The van der Waals surface area contributed by atoms with Crippen molar-refractivity contribution in [2.75, 3.05) is 49.8 Å². The lowest BCUT2D eigenvalue weighted by Crippen LogP contribution is -2.68. The predicted molar refractivity (Wildman–Crippen MR) is 167 cm³/mol. The van der Waals surface area contributed by atoms with Crippen molar-refractivity contribution in [3.05, 3.63) is 48.0 Å². The molecule has 0 aromatic carbocycles. The van der Waals surface area contributed by atoms with Gasteiger partial charge in [0.05, 0.1) is 49.9 Å². The highest BCUT2D eigenvalue weighted by atomic mass is 19.3. The number of aromatic nitrogens is 4. The Morgan fingerprint density at radius 2 is 1.96 bits per heavy atom. The smallest absolute Gasteiger partial charge is 0.326 e. The highest BCUT2D eigenvalue weighted by molar-refractivity contribution is 5.79. The molecule has 7 rings (SSSR count). The number of carbonyl (C=O) groups is 1. The van der Waals surface area contributed by atoms with Crippen LogP contribution in [-0.4, -0.2) is 101 Å². The fourth-order valence-electron chi connectivity index (χ4n) is 7.36. The molecule has 6 heterocycles. The molecule has 0 bridgehead atoms. The van der Waals surface area contributed by atoms with Gasteiger partial charge in [-0.05, 0) is 62.3 Å². The van der Waals surface area contributed by atoms with Crippen molar-refractivity contribution < 1.29 is 37.6 Å². The molecule has 12 nitrogen and oxygen atoms in total. The van der Waals surface area contributed by atoms with Crippen molar-refractivity contribution in [1.29, 1.82) is 0 Å². The van der Waals surface area contributed by atoms with Crippen LogP contribution in [0.3, 0.4) is 0 Å². The number of nitrogens with zero attached hydrogens (tertiary/aromatic N) is 5. The van der Waals surface area contributed by atoms with Crippen molar-refractivity contribution in [2.24, 2.45) is 0 Å². The number of hydrogen-bond acceptors (Lipinski definition) is 10. The number of aromatic amines is 1. The van der Waals surface area contributed by atoms with Crippen LogP contribution in [0.5, 0.6) is 5.88 Å². The molecule has 14 heteroatoms. The van der Waals surface area contributed by atoms with Gasteiger partial charge in [-0.2, -0.15) is 0 Å². The SMILES string of the molecule is COC1CCC(c2cnc(O[C@H]3C[C@@H](C(=O)O)N(c4cc(-c5ccc[nH]5)nc(C(F)F)n4)C3)c(N3CCOC4(COC4)[C@@H]3C)c2)CC1. The molecule has 252 valence electrons. The van der Waals surface area contributed by atoms with Crippen LogP contribution in [0.1, 0.15) is 62.8 Å². The number of pyridine rings is 1. The normalized spacial score (nSPS) is 27.3. The fourth-order valence-corrected chi connectivity index (χ4v) is 7.36. The molecule has 4 fully saturated rings. The maximum atomic E-state index is 13.9. The number of ether oxygens (including phenoxy) is 4. The summed E-state index contributed by atoms with van der Waals surface area (Å²) >= 11 is 0. The summed E-state index contributed by atoms with van der Waals surface area (Å²) in [5.41, 5.74) is 2.33. The number of aliphatic carboxylic acids is 1. The van der Waals surface area contributed by atoms with Gasteiger partial charge in [0.25, 0.3) is 6.43 Å². The van der Waals surface area contributed by atoms with Crippen molar-refractivity contribution >= 4 is 17.5 Å².